The molecule has 0 spiro atoms. The van der Waals surface area contributed by atoms with Crippen molar-refractivity contribution in [2.24, 2.45) is 0 Å². The number of hydrogen-bond acceptors (Lipinski definition) is 2. The zero-order chi connectivity index (χ0) is 13.3. The molecule has 100 valence electrons. The van der Waals surface area contributed by atoms with Gasteiger partial charge in [-0.15, -0.1) is 0 Å². The Morgan fingerprint density at radius 3 is 2.61 bits per heavy atom. The van der Waals surface area contributed by atoms with E-state index < -0.39 is 11.7 Å². The van der Waals surface area contributed by atoms with E-state index in [0.29, 0.717) is 10.5 Å². The monoisotopic (exact) mass is 322 g/mol. The normalized spacial score (nSPS) is 20.5. The molecule has 1 heterocycles. The first-order valence-electron chi connectivity index (χ1n) is 5.71. The van der Waals surface area contributed by atoms with E-state index >= 15 is 0 Å². The van der Waals surface area contributed by atoms with E-state index in [9.17, 15) is 13.2 Å². The highest BCUT2D eigenvalue weighted by Crippen LogP contribution is 2.36. The van der Waals surface area contributed by atoms with Crippen LogP contribution in [0.1, 0.15) is 12.0 Å². The largest absolute Gasteiger partial charge is 0.416 e. The van der Waals surface area contributed by atoms with Gasteiger partial charge in [0.15, 0.2) is 0 Å². The Morgan fingerprint density at radius 1 is 1.39 bits per heavy atom. The molecule has 18 heavy (non-hydrogen) atoms. The van der Waals surface area contributed by atoms with E-state index in [0.717, 1.165) is 37.3 Å². The van der Waals surface area contributed by atoms with Crippen molar-refractivity contribution in [2.75, 3.05) is 25.0 Å². The average molecular weight is 323 g/mol. The first-order chi connectivity index (χ1) is 8.41. The molecule has 2 nitrogen and oxygen atoms in total. The highest BCUT2D eigenvalue weighted by atomic mass is 79.9. The Bertz CT molecular complexity index is 434. The fourth-order valence-corrected chi connectivity index (χ4v) is 2.78. The van der Waals surface area contributed by atoms with Crippen LogP contribution in [0.4, 0.5) is 18.9 Å². The average Bonchev–Trinajstić information content (AvgIpc) is 2.76. The second-order valence-electron chi connectivity index (χ2n) is 4.38. The van der Waals surface area contributed by atoms with Gasteiger partial charge in [-0.2, -0.15) is 13.2 Å². The molecule has 1 fully saturated rings. The molecular formula is C12H14BrF3N2. The minimum absolute atomic E-state index is 0.402. The molecule has 1 N–H and O–H groups in total. The van der Waals surface area contributed by atoms with Gasteiger partial charge in [0, 0.05) is 23.6 Å². The van der Waals surface area contributed by atoms with Crippen molar-refractivity contribution in [1.82, 2.24) is 5.32 Å². The van der Waals surface area contributed by atoms with Gasteiger partial charge >= 0.3 is 6.18 Å². The molecule has 6 heteroatoms. The fourth-order valence-electron chi connectivity index (χ4n) is 2.15. The first kappa shape index (κ1) is 13.7. The van der Waals surface area contributed by atoms with Crippen LogP contribution in [-0.4, -0.2) is 26.2 Å². The minimum Gasteiger partial charge on any atom is -0.369 e. The number of halogens is 4. The molecule has 0 aliphatic carbocycles. The SMILES string of the molecule is CNC1CCN(c2ccc(C(F)(F)F)cc2Br)C1. The van der Waals surface area contributed by atoms with Crippen LogP contribution in [0.5, 0.6) is 0 Å². The summed E-state index contributed by atoms with van der Waals surface area (Å²) in [5, 5.41) is 3.18. The molecule has 1 aromatic rings. The van der Waals surface area contributed by atoms with Crippen molar-refractivity contribution in [1.29, 1.82) is 0 Å². The summed E-state index contributed by atoms with van der Waals surface area (Å²) in [5.41, 5.74) is 0.197. The molecule has 1 atom stereocenters. The third-order valence-corrected chi connectivity index (χ3v) is 3.85. The first-order valence-corrected chi connectivity index (χ1v) is 6.50. The Morgan fingerprint density at radius 2 is 2.11 bits per heavy atom. The summed E-state index contributed by atoms with van der Waals surface area (Å²) >= 11 is 3.23. The van der Waals surface area contributed by atoms with Gasteiger partial charge in [-0.25, -0.2) is 0 Å². The van der Waals surface area contributed by atoms with Gasteiger partial charge in [0.05, 0.1) is 11.3 Å². The molecule has 0 saturated carbocycles. The molecule has 1 saturated heterocycles. The van der Waals surface area contributed by atoms with Gasteiger partial charge in [0.25, 0.3) is 0 Å². The Labute approximate surface area is 112 Å². The number of benzene rings is 1. The molecule has 0 bridgehead atoms. The quantitative estimate of drug-likeness (QED) is 0.899. The molecule has 1 aromatic carbocycles. The number of hydrogen-bond donors (Lipinski definition) is 1. The lowest BCUT2D eigenvalue weighted by molar-refractivity contribution is -0.137. The third kappa shape index (κ3) is 2.80. The van der Waals surface area contributed by atoms with Crippen LogP contribution in [-0.2, 0) is 6.18 Å². The van der Waals surface area contributed by atoms with Crippen LogP contribution in [0.3, 0.4) is 0 Å². The van der Waals surface area contributed by atoms with Gasteiger partial charge in [-0.05, 0) is 47.6 Å². The lowest BCUT2D eigenvalue weighted by Gasteiger charge is -2.21. The molecular weight excluding hydrogens is 309 g/mol. The van der Waals surface area contributed by atoms with Crippen LogP contribution in [0, 0.1) is 0 Å². The van der Waals surface area contributed by atoms with Crippen molar-refractivity contribution < 1.29 is 13.2 Å². The Hall–Kier alpha value is -0.750. The number of rotatable bonds is 2. The van der Waals surface area contributed by atoms with E-state index in [1.165, 1.54) is 6.07 Å². The van der Waals surface area contributed by atoms with Crippen LogP contribution in [0.15, 0.2) is 22.7 Å². The van der Waals surface area contributed by atoms with Crippen LogP contribution < -0.4 is 10.2 Å². The lowest BCUT2D eigenvalue weighted by atomic mass is 10.2. The summed E-state index contributed by atoms with van der Waals surface area (Å²) in [6.07, 6.45) is -3.29. The minimum atomic E-state index is -4.29. The van der Waals surface area contributed by atoms with Gasteiger partial charge < -0.3 is 10.2 Å². The standard InChI is InChI=1S/C12H14BrF3N2/c1-17-9-4-5-18(7-9)11-3-2-8(6-10(11)13)12(14,15)16/h2-3,6,9,17H,4-5,7H2,1H3. The van der Waals surface area contributed by atoms with Crippen molar-refractivity contribution in [2.45, 2.75) is 18.6 Å². The second-order valence-corrected chi connectivity index (χ2v) is 5.24. The number of nitrogens with zero attached hydrogens (tertiary/aromatic N) is 1. The highest BCUT2D eigenvalue weighted by Gasteiger charge is 2.31. The molecule has 0 aromatic heterocycles. The van der Waals surface area contributed by atoms with Gasteiger partial charge in [-0.3, -0.25) is 0 Å². The van der Waals surface area contributed by atoms with Crippen molar-refractivity contribution in [3.63, 3.8) is 0 Å². The molecule has 1 aliphatic rings. The summed E-state index contributed by atoms with van der Waals surface area (Å²) in [7, 11) is 1.90. The maximum absolute atomic E-state index is 12.5. The van der Waals surface area contributed by atoms with Crippen molar-refractivity contribution in [3.05, 3.63) is 28.2 Å². The number of likely N-dealkylation sites (N-methyl/N-ethyl adjacent to an activating group) is 1. The summed E-state index contributed by atoms with van der Waals surface area (Å²) in [5.74, 6) is 0. The Balaban J connectivity index is 2.21. The van der Waals surface area contributed by atoms with E-state index in [1.807, 2.05) is 7.05 Å². The van der Waals surface area contributed by atoms with Crippen molar-refractivity contribution >= 4 is 21.6 Å². The number of anilines is 1. The fraction of sp³-hybridized carbons (Fsp3) is 0.500. The van der Waals surface area contributed by atoms with E-state index in [2.05, 4.69) is 26.1 Å². The van der Waals surface area contributed by atoms with E-state index in [-0.39, 0.29) is 0 Å². The molecule has 0 radical (unpaired) electrons. The highest BCUT2D eigenvalue weighted by molar-refractivity contribution is 9.10. The summed E-state index contributed by atoms with van der Waals surface area (Å²) in [6.45, 7) is 1.68. The van der Waals surface area contributed by atoms with Crippen LogP contribution >= 0.6 is 15.9 Å². The smallest absolute Gasteiger partial charge is 0.369 e. The lowest BCUT2D eigenvalue weighted by Crippen LogP contribution is -2.29. The van der Waals surface area contributed by atoms with Gasteiger partial charge in [-0.1, -0.05) is 0 Å². The third-order valence-electron chi connectivity index (χ3n) is 3.21. The van der Waals surface area contributed by atoms with Crippen LogP contribution in [0.25, 0.3) is 0 Å². The zero-order valence-electron chi connectivity index (χ0n) is 9.89. The van der Waals surface area contributed by atoms with Crippen LogP contribution in [0.2, 0.25) is 0 Å². The maximum atomic E-state index is 12.5. The van der Waals surface area contributed by atoms with Gasteiger partial charge in [0.1, 0.15) is 0 Å². The number of alkyl halides is 3. The molecule has 0 amide bonds. The Kier molecular flexibility index (Phi) is 3.87. The summed E-state index contributed by atoms with van der Waals surface area (Å²) in [4.78, 5) is 2.09. The second kappa shape index (κ2) is 5.09. The molecule has 1 unspecified atom stereocenters. The van der Waals surface area contributed by atoms with Crippen molar-refractivity contribution in [3.8, 4) is 0 Å². The summed E-state index contributed by atoms with van der Waals surface area (Å²) in [6, 6.07) is 4.21. The topological polar surface area (TPSA) is 15.3 Å². The van der Waals surface area contributed by atoms with E-state index in [1.54, 1.807) is 0 Å². The summed E-state index contributed by atoms with van der Waals surface area (Å²) < 4.78 is 38.1. The predicted octanol–water partition coefficient (Wildman–Crippen LogP) is 3.27. The zero-order valence-corrected chi connectivity index (χ0v) is 11.5. The molecule has 2 rings (SSSR count). The molecule has 1 aliphatic heterocycles. The number of nitrogens with one attached hydrogen (secondary N) is 1. The van der Waals surface area contributed by atoms with E-state index in [4.69, 9.17) is 0 Å². The predicted molar refractivity (Wildman–Crippen MR) is 68.8 cm³/mol. The maximum Gasteiger partial charge on any atom is 0.416 e. The van der Waals surface area contributed by atoms with Gasteiger partial charge in [0.2, 0.25) is 0 Å².